The molecule has 3 aliphatic rings. The lowest BCUT2D eigenvalue weighted by Gasteiger charge is -2.39. The lowest BCUT2D eigenvalue weighted by Crippen LogP contribution is -2.51. The van der Waals surface area contributed by atoms with Crippen molar-refractivity contribution in [1.82, 2.24) is 9.80 Å². The summed E-state index contributed by atoms with van der Waals surface area (Å²) < 4.78 is 0. The van der Waals surface area contributed by atoms with Gasteiger partial charge in [0.05, 0.1) is 11.8 Å². The van der Waals surface area contributed by atoms with Crippen molar-refractivity contribution in [2.24, 2.45) is 17.8 Å². The number of likely N-dealkylation sites (tertiary alicyclic amines) is 2. The predicted octanol–water partition coefficient (Wildman–Crippen LogP) is 3.72. The zero-order valence-corrected chi connectivity index (χ0v) is 18.7. The highest BCUT2D eigenvalue weighted by molar-refractivity contribution is 5.93. The molecule has 4 rings (SSSR count). The number of hydrogen-bond donors (Lipinski definition) is 1. The van der Waals surface area contributed by atoms with Gasteiger partial charge < -0.3 is 15.1 Å². The molecular formula is C25H37N3O2. The van der Waals surface area contributed by atoms with Crippen LogP contribution in [0.1, 0.15) is 57.1 Å². The fraction of sp³-hybridized carbons (Fsp3) is 0.680. The molecule has 30 heavy (non-hydrogen) atoms. The summed E-state index contributed by atoms with van der Waals surface area (Å²) in [5.41, 5.74) is 3.69. The van der Waals surface area contributed by atoms with E-state index in [9.17, 15) is 9.59 Å². The highest BCUT2D eigenvalue weighted by Crippen LogP contribution is 2.28. The lowest BCUT2D eigenvalue weighted by atomic mass is 9.86. The van der Waals surface area contributed by atoms with Crippen LogP contribution in [-0.2, 0) is 22.4 Å². The molecule has 1 aliphatic carbocycles. The Bertz CT molecular complexity index is 770. The molecule has 5 heteroatoms. The van der Waals surface area contributed by atoms with E-state index in [1.807, 2.05) is 11.0 Å². The third-order valence-corrected chi connectivity index (χ3v) is 6.90. The largest absolute Gasteiger partial charge is 0.342 e. The van der Waals surface area contributed by atoms with Crippen LogP contribution in [0.15, 0.2) is 18.2 Å². The number of aryl methyl sites for hydroxylation is 2. The zero-order valence-electron chi connectivity index (χ0n) is 18.7. The number of carbonyl (C=O) groups is 2. The standard InChI is InChI=1S/C25H37N3O2/c1-18(2)15-27-16-21(13-22(17-27)25(30)28-11-4-3-5-12-28)24(29)26-23-10-9-19-7-6-8-20(19)14-23/h9-10,14,18,21-22H,3-8,11-13,15-17H2,1-2H3,(H,26,29)/t21-,22+/m1/s1. The predicted molar refractivity (Wildman–Crippen MR) is 120 cm³/mol. The Morgan fingerprint density at radius 2 is 1.73 bits per heavy atom. The molecule has 2 heterocycles. The highest BCUT2D eigenvalue weighted by Gasteiger charge is 2.37. The summed E-state index contributed by atoms with van der Waals surface area (Å²) in [6.45, 7) is 8.64. The summed E-state index contributed by atoms with van der Waals surface area (Å²) in [6.07, 6.45) is 7.57. The molecule has 0 spiro atoms. The fourth-order valence-corrected chi connectivity index (χ4v) is 5.49. The van der Waals surface area contributed by atoms with Crippen LogP contribution in [0, 0.1) is 17.8 Å². The summed E-state index contributed by atoms with van der Waals surface area (Å²) in [4.78, 5) is 30.8. The maximum absolute atomic E-state index is 13.2. The van der Waals surface area contributed by atoms with Gasteiger partial charge in [0.25, 0.3) is 0 Å². The molecule has 1 aromatic rings. The van der Waals surface area contributed by atoms with Gasteiger partial charge in [0, 0.05) is 38.4 Å². The molecule has 0 aromatic heterocycles. The average Bonchev–Trinajstić information content (AvgIpc) is 3.21. The molecule has 164 valence electrons. The number of benzene rings is 1. The number of amides is 2. The number of nitrogens with zero attached hydrogens (tertiary/aromatic N) is 2. The topological polar surface area (TPSA) is 52.7 Å². The summed E-state index contributed by atoms with van der Waals surface area (Å²) in [6, 6.07) is 6.34. The first kappa shape index (κ1) is 21.4. The number of rotatable bonds is 5. The Morgan fingerprint density at radius 3 is 2.50 bits per heavy atom. The average molecular weight is 412 g/mol. The van der Waals surface area contributed by atoms with Crippen LogP contribution >= 0.6 is 0 Å². The molecule has 0 bridgehead atoms. The van der Waals surface area contributed by atoms with Crippen LogP contribution in [0.2, 0.25) is 0 Å². The van der Waals surface area contributed by atoms with Gasteiger partial charge in [-0.3, -0.25) is 9.59 Å². The molecule has 1 aromatic carbocycles. The second kappa shape index (κ2) is 9.51. The molecule has 2 fully saturated rings. The maximum atomic E-state index is 13.2. The van der Waals surface area contributed by atoms with E-state index in [1.165, 1.54) is 24.0 Å². The van der Waals surface area contributed by atoms with Crippen molar-refractivity contribution in [2.75, 3.05) is 38.0 Å². The maximum Gasteiger partial charge on any atom is 0.228 e. The number of fused-ring (bicyclic) bond motifs is 1. The van der Waals surface area contributed by atoms with Crippen LogP contribution in [-0.4, -0.2) is 54.3 Å². The van der Waals surface area contributed by atoms with E-state index in [2.05, 4.69) is 36.2 Å². The van der Waals surface area contributed by atoms with E-state index >= 15 is 0 Å². The monoisotopic (exact) mass is 411 g/mol. The molecule has 2 atom stereocenters. The third-order valence-electron chi connectivity index (χ3n) is 6.90. The minimum absolute atomic E-state index is 0.0635. The fourth-order valence-electron chi connectivity index (χ4n) is 5.49. The number of nitrogens with one attached hydrogen (secondary N) is 1. The SMILES string of the molecule is CC(C)CN1C[C@H](C(=O)Nc2ccc3c(c2)CCC3)C[C@H](C(=O)N2CCCCC2)C1. The van der Waals surface area contributed by atoms with Crippen molar-refractivity contribution in [1.29, 1.82) is 0 Å². The van der Waals surface area contributed by atoms with E-state index < -0.39 is 0 Å². The molecule has 2 saturated heterocycles. The molecule has 5 nitrogen and oxygen atoms in total. The molecule has 2 aliphatic heterocycles. The summed E-state index contributed by atoms with van der Waals surface area (Å²) in [7, 11) is 0. The van der Waals surface area contributed by atoms with Crippen LogP contribution in [0.3, 0.4) is 0 Å². The van der Waals surface area contributed by atoms with Gasteiger partial charge in [-0.05, 0) is 74.1 Å². The molecule has 0 unspecified atom stereocenters. The zero-order chi connectivity index (χ0) is 21.1. The summed E-state index contributed by atoms with van der Waals surface area (Å²) in [5.74, 6) is 0.654. The Labute approximate surface area is 181 Å². The second-order valence-corrected chi connectivity index (χ2v) is 9.95. The van der Waals surface area contributed by atoms with Crippen LogP contribution in [0.5, 0.6) is 0 Å². The first-order valence-corrected chi connectivity index (χ1v) is 11.9. The van der Waals surface area contributed by atoms with Crippen molar-refractivity contribution in [2.45, 2.75) is 58.8 Å². The van der Waals surface area contributed by atoms with Crippen molar-refractivity contribution < 1.29 is 9.59 Å². The quantitative estimate of drug-likeness (QED) is 0.803. The molecule has 0 saturated carbocycles. The lowest BCUT2D eigenvalue weighted by molar-refractivity contribution is -0.140. The molecule has 2 amide bonds. The number of hydrogen-bond acceptors (Lipinski definition) is 3. The van der Waals surface area contributed by atoms with Gasteiger partial charge in [-0.2, -0.15) is 0 Å². The first-order chi connectivity index (χ1) is 14.5. The highest BCUT2D eigenvalue weighted by atomic mass is 16.2. The van der Waals surface area contributed by atoms with E-state index in [4.69, 9.17) is 0 Å². The van der Waals surface area contributed by atoms with Crippen molar-refractivity contribution >= 4 is 17.5 Å². The van der Waals surface area contributed by atoms with Crippen LogP contribution in [0.25, 0.3) is 0 Å². The van der Waals surface area contributed by atoms with Gasteiger partial charge in [0.15, 0.2) is 0 Å². The second-order valence-electron chi connectivity index (χ2n) is 9.95. The number of anilines is 1. The van der Waals surface area contributed by atoms with Crippen molar-refractivity contribution in [3.05, 3.63) is 29.3 Å². The first-order valence-electron chi connectivity index (χ1n) is 11.9. The van der Waals surface area contributed by atoms with Crippen molar-refractivity contribution in [3.63, 3.8) is 0 Å². The smallest absolute Gasteiger partial charge is 0.228 e. The van der Waals surface area contributed by atoms with E-state index in [1.54, 1.807) is 0 Å². The Balaban J connectivity index is 1.44. The normalized spacial score (nSPS) is 24.7. The minimum Gasteiger partial charge on any atom is -0.342 e. The van der Waals surface area contributed by atoms with E-state index in [0.29, 0.717) is 12.3 Å². The Kier molecular flexibility index (Phi) is 6.77. The summed E-state index contributed by atoms with van der Waals surface area (Å²) in [5, 5.41) is 3.16. The number of carbonyl (C=O) groups excluding carboxylic acids is 2. The van der Waals surface area contributed by atoms with Gasteiger partial charge in [-0.15, -0.1) is 0 Å². The van der Waals surface area contributed by atoms with Crippen molar-refractivity contribution in [3.8, 4) is 0 Å². The number of piperidine rings is 2. The van der Waals surface area contributed by atoms with Gasteiger partial charge in [0.1, 0.15) is 0 Å². The molecule has 0 radical (unpaired) electrons. The van der Waals surface area contributed by atoms with Crippen LogP contribution < -0.4 is 5.32 Å². The van der Waals surface area contributed by atoms with Crippen LogP contribution in [0.4, 0.5) is 5.69 Å². The Morgan fingerprint density at radius 1 is 1.00 bits per heavy atom. The van der Waals surface area contributed by atoms with Gasteiger partial charge in [0.2, 0.25) is 11.8 Å². The molecular weight excluding hydrogens is 374 g/mol. The van der Waals surface area contributed by atoms with E-state index in [0.717, 1.165) is 64.1 Å². The van der Waals surface area contributed by atoms with E-state index in [-0.39, 0.29) is 23.7 Å². The summed E-state index contributed by atoms with van der Waals surface area (Å²) >= 11 is 0. The Hall–Kier alpha value is -1.88. The van der Waals surface area contributed by atoms with Gasteiger partial charge in [-0.25, -0.2) is 0 Å². The minimum atomic E-state index is -0.135. The third kappa shape index (κ3) is 5.05. The van der Waals surface area contributed by atoms with Gasteiger partial charge >= 0.3 is 0 Å². The van der Waals surface area contributed by atoms with Gasteiger partial charge in [-0.1, -0.05) is 19.9 Å². The molecule has 1 N–H and O–H groups in total.